The van der Waals surface area contributed by atoms with Crippen LogP contribution in [0.25, 0.3) is 0 Å². The predicted octanol–water partition coefficient (Wildman–Crippen LogP) is 1.17. The number of halogens is 3. The van der Waals surface area contributed by atoms with Gasteiger partial charge in [-0.3, -0.25) is 14.4 Å². The van der Waals surface area contributed by atoms with Crippen LogP contribution in [0.2, 0.25) is 0 Å². The maximum absolute atomic E-state index is 12.6. The number of benzene rings is 1. The second-order valence-corrected chi connectivity index (χ2v) is 6.20. The third kappa shape index (κ3) is 4.74. The lowest BCUT2D eigenvalue weighted by Crippen LogP contribution is -2.46. The van der Waals surface area contributed by atoms with Gasteiger partial charge in [-0.25, -0.2) is 0 Å². The van der Waals surface area contributed by atoms with Crippen LogP contribution in [-0.4, -0.2) is 48.9 Å². The Hall–Kier alpha value is -2.58. The first-order valence-electron chi connectivity index (χ1n) is 8.08. The first-order chi connectivity index (χ1) is 12.1. The van der Waals surface area contributed by atoms with Crippen LogP contribution in [0, 0.1) is 5.92 Å². The number of amides is 3. The van der Waals surface area contributed by atoms with Crippen molar-refractivity contribution in [1.82, 2.24) is 15.5 Å². The molecular weight excluding hydrogens is 351 g/mol. The van der Waals surface area contributed by atoms with E-state index in [9.17, 15) is 27.6 Å². The molecule has 0 aliphatic carbocycles. The zero-order valence-corrected chi connectivity index (χ0v) is 14.4. The van der Waals surface area contributed by atoms with Crippen LogP contribution in [0.5, 0.6) is 0 Å². The minimum Gasteiger partial charge on any atom is -0.346 e. The summed E-state index contributed by atoms with van der Waals surface area (Å²) in [6, 6.07) is 6.13. The predicted molar refractivity (Wildman–Crippen MR) is 86.9 cm³/mol. The average Bonchev–Trinajstić information content (AvgIpc) is 2.70. The highest BCUT2D eigenvalue weighted by atomic mass is 19.4. The number of nitrogens with zero attached hydrogens (tertiary/aromatic N) is 1. The Bertz CT molecular complexity index is 706. The van der Waals surface area contributed by atoms with Gasteiger partial charge in [0.1, 0.15) is 18.5 Å². The van der Waals surface area contributed by atoms with E-state index in [1.165, 1.54) is 11.8 Å². The lowest BCUT2D eigenvalue weighted by Gasteiger charge is -2.23. The Morgan fingerprint density at radius 2 is 1.92 bits per heavy atom. The quantitative estimate of drug-likeness (QED) is 0.780. The Morgan fingerprint density at radius 3 is 2.58 bits per heavy atom. The molecule has 6 nitrogen and oxygen atoms in total. The Balaban J connectivity index is 2.13. The molecule has 1 aliphatic heterocycles. The fraction of sp³-hybridized carbons (Fsp3) is 0.471. The van der Waals surface area contributed by atoms with Crippen molar-refractivity contribution >= 4 is 17.7 Å². The molecule has 2 N–H and O–H groups in total. The largest absolute Gasteiger partial charge is 0.405 e. The van der Waals surface area contributed by atoms with E-state index in [0.29, 0.717) is 18.5 Å². The van der Waals surface area contributed by atoms with Crippen LogP contribution in [0.1, 0.15) is 24.1 Å². The number of carbonyl (C=O) groups is 3. The molecule has 0 unspecified atom stereocenters. The van der Waals surface area contributed by atoms with Gasteiger partial charge in [0.05, 0.1) is 0 Å². The molecule has 1 heterocycles. The summed E-state index contributed by atoms with van der Waals surface area (Å²) in [7, 11) is 1.60. The van der Waals surface area contributed by atoms with Crippen molar-refractivity contribution in [1.29, 1.82) is 0 Å². The monoisotopic (exact) mass is 371 g/mol. The van der Waals surface area contributed by atoms with Crippen molar-refractivity contribution in [3.8, 4) is 0 Å². The highest BCUT2D eigenvalue weighted by Gasteiger charge is 2.34. The van der Waals surface area contributed by atoms with E-state index < -0.39 is 36.5 Å². The molecule has 1 aromatic carbocycles. The molecule has 0 bridgehead atoms. The maximum Gasteiger partial charge on any atom is 0.405 e. The number of nitrogens with one attached hydrogen (secondary N) is 2. The summed E-state index contributed by atoms with van der Waals surface area (Å²) in [6.45, 7) is 0.152. The summed E-state index contributed by atoms with van der Waals surface area (Å²) in [5, 5.41) is 4.17. The summed E-state index contributed by atoms with van der Waals surface area (Å²) in [4.78, 5) is 38.1. The molecule has 0 aromatic heterocycles. The molecule has 0 fully saturated rings. The van der Waals surface area contributed by atoms with Gasteiger partial charge in [-0.15, -0.1) is 0 Å². The SMILES string of the molecule is C[C@H](C(=O)NCC(F)(F)F)C(=O)N[C@@H]1C(=O)N(C)CCc2ccccc21. The van der Waals surface area contributed by atoms with Gasteiger partial charge in [-0.1, -0.05) is 24.3 Å². The molecule has 2 rings (SSSR count). The number of likely N-dealkylation sites (N-methyl/N-ethyl adjacent to an activating group) is 1. The van der Waals surface area contributed by atoms with Crippen LogP contribution in [0.3, 0.4) is 0 Å². The van der Waals surface area contributed by atoms with E-state index in [1.807, 2.05) is 12.1 Å². The van der Waals surface area contributed by atoms with Crippen molar-refractivity contribution in [2.75, 3.05) is 20.1 Å². The number of fused-ring (bicyclic) bond motifs is 1. The topological polar surface area (TPSA) is 78.5 Å². The van der Waals surface area contributed by atoms with E-state index in [-0.39, 0.29) is 5.91 Å². The maximum atomic E-state index is 12.6. The van der Waals surface area contributed by atoms with Crippen LogP contribution in [0.4, 0.5) is 13.2 Å². The molecule has 142 valence electrons. The highest BCUT2D eigenvalue weighted by Crippen LogP contribution is 2.24. The second kappa shape index (κ2) is 7.76. The van der Waals surface area contributed by atoms with Crippen molar-refractivity contribution < 1.29 is 27.6 Å². The molecular formula is C17H20F3N3O3. The normalized spacial score (nSPS) is 18.6. The van der Waals surface area contributed by atoms with E-state index >= 15 is 0 Å². The van der Waals surface area contributed by atoms with Gasteiger partial charge in [0.25, 0.3) is 0 Å². The van der Waals surface area contributed by atoms with Gasteiger partial charge in [-0.05, 0) is 24.5 Å². The Labute approximate surface area is 148 Å². The Morgan fingerprint density at radius 1 is 1.27 bits per heavy atom. The lowest BCUT2D eigenvalue weighted by molar-refractivity contribution is -0.145. The molecule has 0 spiro atoms. The van der Waals surface area contributed by atoms with Crippen molar-refractivity contribution in [2.45, 2.75) is 25.6 Å². The standard InChI is InChI=1S/C17H20F3N3O3/c1-10(14(24)21-9-17(18,19)20)15(25)22-13-12-6-4-3-5-11(12)7-8-23(2)16(13)26/h3-6,10,13H,7-9H2,1-2H3,(H,21,24)(H,22,25)/t10-,13+/m1/s1. The smallest absolute Gasteiger partial charge is 0.346 e. The van der Waals surface area contributed by atoms with E-state index in [1.54, 1.807) is 24.5 Å². The third-order valence-corrected chi connectivity index (χ3v) is 4.24. The van der Waals surface area contributed by atoms with E-state index in [4.69, 9.17) is 0 Å². The van der Waals surface area contributed by atoms with Gasteiger partial charge in [0, 0.05) is 13.6 Å². The third-order valence-electron chi connectivity index (χ3n) is 4.24. The summed E-state index contributed by atoms with van der Waals surface area (Å²) < 4.78 is 36.6. The fourth-order valence-corrected chi connectivity index (χ4v) is 2.66. The first kappa shape index (κ1) is 19.7. The highest BCUT2D eigenvalue weighted by molar-refractivity contribution is 6.01. The van der Waals surface area contributed by atoms with Gasteiger partial charge in [0.2, 0.25) is 17.7 Å². The molecule has 0 radical (unpaired) electrons. The van der Waals surface area contributed by atoms with E-state index in [0.717, 1.165) is 5.56 Å². The number of hydrogen-bond acceptors (Lipinski definition) is 3. The molecule has 3 amide bonds. The first-order valence-corrected chi connectivity index (χ1v) is 8.08. The molecule has 0 saturated heterocycles. The number of hydrogen-bond donors (Lipinski definition) is 2. The van der Waals surface area contributed by atoms with Crippen LogP contribution >= 0.6 is 0 Å². The second-order valence-electron chi connectivity index (χ2n) is 6.20. The lowest BCUT2D eigenvalue weighted by atomic mass is 9.98. The van der Waals surface area contributed by atoms with Crippen molar-refractivity contribution in [3.05, 3.63) is 35.4 Å². The molecule has 1 aliphatic rings. The molecule has 0 saturated carbocycles. The van der Waals surface area contributed by atoms with Crippen molar-refractivity contribution in [2.24, 2.45) is 5.92 Å². The van der Waals surface area contributed by atoms with Crippen LogP contribution in [0.15, 0.2) is 24.3 Å². The van der Waals surface area contributed by atoms with E-state index in [2.05, 4.69) is 5.32 Å². The molecule has 26 heavy (non-hydrogen) atoms. The van der Waals surface area contributed by atoms with Gasteiger partial charge in [-0.2, -0.15) is 13.2 Å². The molecule has 2 atom stereocenters. The summed E-state index contributed by atoms with van der Waals surface area (Å²) >= 11 is 0. The van der Waals surface area contributed by atoms with Crippen LogP contribution < -0.4 is 10.6 Å². The van der Waals surface area contributed by atoms with Gasteiger partial charge >= 0.3 is 6.18 Å². The van der Waals surface area contributed by atoms with Gasteiger partial charge in [0.15, 0.2) is 0 Å². The minimum absolute atomic E-state index is 0.341. The number of carbonyl (C=O) groups excluding carboxylic acids is 3. The number of rotatable bonds is 4. The zero-order valence-electron chi connectivity index (χ0n) is 14.4. The van der Waals surface area contributed by atoms with Crippen molar-refractivity contribution in [3.63, 3.8) is 0 Å². The zero-order chi connectivity index (χ0) is 19.5. The van der Waals surface area contributed by atoms with Gasteiger partial charge < -0.3 is 15.5 Å². The average molecular weight is 371 g/mol. The minimum atomic E-state index is -4.56. The fourth-order valence-electron chi connectivity index (χ4n) is 2.66. The summed E-state index contributed by atoms with van der Waals surface area (Å²) in [5.41, 5.74) is 1.52. The number of alkyl halides is 3. The summed E-state index contributed by atoms with van der Waals surface area (Å²) in [5.74, 6) is -3.58. The molecule has 9 heteroatoms. The molecule has 1 aromatic rings. The Kier molecular flexibility index (Phi) is 5.89. The summed E-state index contributed by atoms with van der Waals surface area (Å²) in [6.07, 6.45) is -3.95. The van der Waals surface area contributed by atoms with Crippen LogP contribution in [-0.2, 0) is 20.8 Å².